The van der Waals surface area contributed by atoms with Crippen molar-refractivity contribution in [2.45, 2.75) is 44.9 Å². The van der Waals surface area contributed by atoms with Gasteiger partial charge in [0.05, 0.1) is 5.41 Å². The average Bonchev–Trinajstić information content (AvgIpc) is 3.71. The quantitative estimate of drug-likeness (QED) is 0.163. The minimum Gasteiger partial charge on any atom is -0.208 e. The van der Waals surface area contributed by atoms with Crippen LogP contribution in [0.1, 0.15) is 56.4 Å². The van der Waals surface area contributed by atoms with Crippen molar-refractivity contribution in [1.82, 2.24) is 15.0 Å². The normalized spacial score (nSPS) is 20.2. The summed E-state index contributed by atoms with van der Waals surface area (Å²) in [4.78, 5) is 15.5. The number of hydrogen-bond donors (Lipinski definition) is 0. The summed E-state index contributed by atoms with van der Waals surface area (Å²) < 4.78 is 0. The van der Waals surface area contributed by atoms with E-state index in [1.807, 2.05) is 36.4 Å². The second-order valence-corrected chi connectivity index (χ2v) is 17.9. The number of fused-ring (bicyclic) bond motifs is 8. The fourth-order valence-electron chi connectivity index (χ4n) is 10.2. The van der Waals surface area contributed by atoms with E-state index in [0.29, 0.717) is 29.3 Å². The van der Waals surface area contributed by atoms with Crippen LogP contribution in [0.3, 0.4) is 0 Å². The molecule has 61 heavy (non-hydrogen) atoms. The molecule has 2 atom stereocenters. The molecule has 3 aliphatic carbocycles. The maximum absolute atomic E-state index is 5.22. The molecule has 0 amide bonds. The van der Waals surface area contributed by atoms with Crippen LogP contribution in [0, 0.1) is 11.8 Å². The number of benzene rings is 7. The first kappa shape index (κ1) is 37.1. The molecule has 11 rings (SSSR count). The molecule has 1 spiro atoms. The molecule has 8 aromatic rings. The molecule has 3 nitrogen and oxygen atoms in total. The topological polar surface area (TPSA) is 38.7 Å². The van der Waals surface area contributed by atoms with Gasteiger partial charge in [-0.3, -0.25) is 0 Å². The summed E-state index contributed by atoms with van der Waals surface area (Å²) >= 11 is 0. The highest BCUT2D eigenvalue weighted by atomic mass is 15.0. The van der Waals surface area contributed by atoms with Gasteiger partial charge in [0.15, 0.2) is 17.5 Å². The van der Waals surface area contributed by atoms with Crippen LogP contribution in [0.4, 0.5) is 0 Å². The molecule has 294 valence electrons. The van der Waals surface area contributed by atoms with Crippen molar-refractivity contribution in [3.05, 3.63) is 210 Å². The van der Waals surface area contributed by atoms with Crippen molar-refractivity contribution in [2.75, 3.05) is 0 Å². The molecule has 2 unspecified atom stereocenters. The highest BCUT2D eigenvalue weighted by Crippen LogP contribution is 2.53. The van der Waals surface area contributed by atoms with E-state index in [-0.39, 0.29) is 10.8 Å². The van der Waals surface area contributed by atoms with Crippen molar-refractivity contribution in [3.8, 4) is 78.7 Å². The highest BCUT2D eigenvalue weighted by molar-refractivity contribution is 5.89. The van der Waals surface area contributed by atoms with Crippen LogP contribution in [0.15, 0.2) is 188 Å². The summed E-state index contributed by atoms with van der Waals surface area (Å²) in [6, 6.07) is 59.3. The number of hydrogen-bond acceptors (Lipinski definition) is 3. The van der Waals surface area contributed by atoms with Gasteiger partial charge in [-0.15, -0.1) is 0 Å². The Morgan fingerprint density at radius 2 is 0.803 bits per heavy atom. The van der Waals surface area contributed by atoms with Crippen LogP contribution in [0.2, 0.25) is 0 Å². The minimum absolute atomic E-state index is 0.122. The van der Waals surface area contributed by atoms with Gasteiger partial charge in [-0.1, -0.05) is 185 Å². The molecule has 0 fully saturated rings. The van der Waals surface area contributed by atoms with E-state index < -0.39 is 0 Å². The third-order valence-corrected chi connectivity index (χ3v) is 13.4. The Morgan fingerprint density at radius 1 is 0.377 bits per heavy atom. The first-order chi connectivity index (χ1) is 29.7. The zero-order valence-electron chi connectivity index (χ0n) is 35.1. The van der Waals surface area contributed by atoms with Gasteiger partial charge in [-0.2, -0.15) is 0 Å². The number of aromatic nitrogens is 3. The predicted molar refractivity (Wildman–Crippen MR) is 252 cm³/mol. The summed E-state index contributed by atoms with van der Waals surface area (Å²) in [5.41, 5.74) is 17.6. The first-order valence-corrected chi connectivity index (χ1v) is 21.7. The van der Waals surface area contributed by atoms with Gasteiger partial charge in [0, 0.05) is 22.1 Å². The fourth-order valence-corrected chi connectivity index (χ4v) is 10.2. The molecular weight excluding hydrogens is 739 g/mol. The smallest absolute Gasteiger partial charge is 0.164 e. The molecule has 0 saturated heterocycles. The number of allylic oxidation sites excluding steroid dienone is 4. The minimum atomic E-state index is -0.352. The SMILES string of the molecule is CC1/C=C/C2(/C=C/C(C)C1)c1ccccc1-c1ccc(-c3cc(-c4ccc5c(c4)C(C)(C)c4ccccc4-5)cc(-c4nc(-c5ccccc5)nc(-c5ccccc5)n4)c3)cc12. The summed E-state index contributed by atoms with van der Waals surface area (Å²) in [5, 5.41) is 0. The lowest BCUT2D eigenvalue weighted by atomic mass is 9.74. The summed E-state index contributed by atoms with van der Waals surface area (Å²) in [6.07, 6.45) is 11.0. The van der Waals surface area contributed by atoms with Crippen molar-refractivity contribution in [1.29, 1.82) is 0 Å². The van der Waals surface area contributed by atoms with Gasteiger partial charge in [-0.05, 0) is 115 Å². The van der Waals surface area contributed by atoms with Gasteiger partial charge in [0.25, 0.3) is 0 Å². The Labute approximate surface area is 359 Å². The van der Waals surface area contributed by atoms with Gasteiger partial charge >= 0.3 is 0 Å². The van der Waals surface area contributed by atoms with Crippen LogP contribution < -0.4 is 0 Å². The first-order valence-electron chi connectivity index (χ1n) is 21.7. The van der Waals surface area contributed by atoms with Crippen LogP contribution >= 0.6 is 0 Å². The third-order valence-electron chi connectivity index (χ3n) is 13.4. The monoisotopic (exact) mass is 785 g/mol. The van der Waals surface area contributed by atoms with Crippen LogP contribution in [-0.4, -0.2) is 15.0 Å². The lowest BCUT2D eigenvalue weighted by Gasteiger charge is -2.29. The van der Waals surface area contributed by atoms with E-state index in [0.717, 1.165) is 39.8 Å². The van der Waals surface area contributed by atoms with Crippen molar-refractivity contribution >= 4 is 0 Å². The van der Waals surface area contributed by atoms with E-state index >= 15 is 0 Å². The van der Waals surface area contributed by atoms with Crippen LogP contribution in [-0.2, 0) is 10.8 Å². The Balaban J connectivity index is 1.13. The van der Waals surface area contributed by atoms with Crippen molar-refractivity contribution < 1.29 is 0 Å². The lowest BCUT2D eigenvalue weighted by molar-refractivity contribution is 0.532. The predicted octanol–water partition coefficient (Wildman–Crippen LogP) is 14.6. The van der Waals surface area contributed by atoms with E-state index in [4.69, 9.17) is 15.0 Å². The third kappa shape index (κ3) is 6.22. The molecule has 0 bridgehead atoms. The maximum atomic E-state index is 5.22. The highest BCUT2D eigenvalue weighted by Gasteiger charge is 2.40. The second-order valence-electron chi connectivity index (χ2n) is 17.9. The zero-order valence-corrected chi connectivity index (χ0v) is 35.1. The molecule has 1 aromatic heterocycles. The molecular formula is C58H47N3. The van der Waals surface area contributed by atoms with Crippen molar-refractivity contribution in [2.24, 2.45) is 11.8 Å². The molecule has 0 saturated carbocycles. The van der Waals surface area contributed by atoms with Gasteiger partial charge < -0.3 is 0 Å². The Hall–Kier alpha value is -6.97. The second kappa shape index (κ2) is 14.3. The Morgan fingerprint density at radius 3 is 1.38 bits per heavy atom. The maximum Gasteiger partial charge on any atom is 0.164 e. The van der Waals surface area contributed by atoms with Gasteiger partial charge in [0.1, 0.15) is 0 Å². The van der Waals surface area contributed by atoms with Gasteiger partial charge in [-0.25, -0.2) is 15.0 Å². The van der Waals surface area contributed by atoms with Crippen molar-refractivity contribution in [3.63, 3.8) is 0 Å². The molecule has 0 aliphatic heterocycles. The molecule has 3 heteroatoms. The summed E-state index contributed by atoms with van der Waals surface area (Å²) in [5.74, 6) is 2.92. The Bertz CT molecular complexity index is 2990. The van der Waals surface area contributed by atoms with E-state index in [1.54, 1.807) is 0 Å². The number of nitrogens with zero attached hydrogens (tertiary/aromatic N) is 3. The van der Waals surface area contributed by atoms with Crippen LogP contribution in [0.5, 0.6) is 0 Å². The van der Waals surface area contributed by atoms with E-state index in [2.05, 4.69) is 179 Å². The lowest BCUT2D eigenvalue weighted by Crippen LogP contribution is -2.21. The molecule has 3 aliphatic rings. The van der Waals surface area contributed by atoms with Gasteiger partial charge in [0.2, 0.25) is 0 Å². The molecule has 7 aromatic carbocycles. The zero-order chi connectivity index (χ0) is 41.3. The van der Waals surface area contributed by atoms with Crippen LogP contribution in [0.25, 0.3) is 78.7 Å². The summed E-state index contributed by atoms with van der Waals surface area (Å²) in [6.45, 7) is 9.39. The molecule has 0 radical (unpaired) electrons. The average molecular weight is 786 g/mol. The number of rotatable bonds is 5. The molecule has 0 N–H and O–H groups in total. The van der Waals surface area contributed by atoms with E-state index in [9.17, 15) is 0 Å². The summed E-state index contributed by atoms with van der Waals surface area (Å²) in [7, 11) is 0. The standard InChI is InChI=1S/C58H47N3/c1-37-27-29-58(30-28-38(2)31-37)51-22-14-12-20-47(51)49-26-24-42(36-53(49)58)44-32-43(41-23-25-48-46-19-11-13-21-50(46)57(3,4)52(48)35-41)33-45(34-44)56-60-54(39-15-7-5-8-16-39)59-55(61-56)40-17-9-6-10-18-40/h5-30,32-38H,31H2,1-4H3/b29-27+,30-28+. The largest absolute Gasteiger partial charge is 0.208 e. The van der Waals surface area contributed by atoms with E-state index in [1.165, 1.54) is 50.1 Å². The molecule has 1 heterocycles. The fraction of sp³-hybridized carbons (Fsp3) is 0.155. The Kier molecular flexibility index (Phi) is 8.72.